The molecule has 0 aromatic heterocycles. The summed E-state index contributed by atoms with van der Waals surface area (Å²) in [5.74, 6) is 1.45. The highest BCUT2D eigenvalue weighted by molar-refractivity contribution is 6.21. The molecular weight excluding hydrogens is 228 g/mol. The molecule has 0 amide bonds. The molecule has 0 aliphatic heterocycles. The van der Waals surface area contributed by atoms with Gasteiger partial charge in [0, 0.05) is 11.3 Å². The summed E-state index contributed by atoms with van der Waals surface area (Å²) in [6.45, 7) is 0. The zero-order valence-electron chi connectivity index (χ0n) is 10.4. The normalized spacial score (nSPS) is 29.9. The molecule has 0 N–H and O–H groups in total. The first-order valence-electron chi connectivity index (χ1n) is 7.08. The first-order valence-corrected chi connectivity index (χ1v) is 7.52. The Bertz CT molecular complexity index is 364. The van der Waals surface area contributed by atoms with Crippen molar-refractivity contribution < 1.29 is 0 Å². The zero-order valence-corrected chi connectivity index (χ0v) is 11.1. The zero-order chi connectivity index (χ0) is 11.7. The molecule has 2 aliphatic rings. The minimum absolute atomic E-state index is 0.360. The number of alkyl halides is 1. The summed E-state index contributed by atoms with van der Waals surface area (Å²) in [4.78, 5) is 0. The van der Waals surface area contributed by atoms with Crippen LogP contribution in [0.2, 0.25) is 0 Å². The van der Waals surface area contributed by atoms with Gasteiger partial charge in [-0.3, -0.25) is 0 Å². The predicted octanol–water partition coefficient (Wildman–Crippen LogP) is 5.22. The second-order valence-corrected chi connectivity index (χ2v) is 6.26. The van der Waals surface area contributed by atoms with Crippen molar-refractivity contribution in [3.63, 3.8) is 0 Å². The summed E-state index contributed by atoms with van der Waals surface area (Å²) in [5.41, 5.74) is 3.01. The predicted molar refractivity (Wildman–Crippen MR) is 73.9 cm³/mol. The molecule has 2 atom stereocenters. The lowest BCUT2D eigenvalue weighted by Crippen LogP contribution is -2.17. The lowest BCUT2D eigenvalue weighted by atomic mass is 9.78. The van der Waals surface area contributed by atoms with Crippen molar-refractivity contribution in [1.82, 2.24) is 0 Å². The highest BCUT2D eigenvalue weighted by Gasteiger charge is 2.25. The van der Waals surface area contributed by atoms with E-state index in [1.54, 1.807) is 5.56 Å². The van der Waals surface area contributed by atoms with Gasteiger partial charge in [-0.1, -0.05) is 43.5 Å². The largest absolute Gasteiger partial charge is 0.122 e. The van der Waals surface area contributed by atoms with E-state index in [-0.39, 0.29) is 0 Å². The molecule has 0 spiro atoms. The third-order valence-electron chi connectivity index (χ3n) is 4.62. The average molecular weight is 249 g/mol. The Morgan fingerprint density at radius 3 is 2.00 bits per heavy atom. The Balaban J connectivity index is 1.74. The van der Waals surface area contributed by atoms with Crippen molar-refractivity contribution in [2.24, 2.45) is 0 Å². The molecule has 1 aromatic carbocycles. The summed E-state index contributed by atoms with van der Waals surface area (Å²) in [7, 11) is 0. The summed E-state index contributed by atoms with van der Waals surface area (Å²) in [5, 5.41) is 0.360. The Morgan fingerprint density at radius 1 is 0.765 bits per heavy atom. The Hall–Kier alpha value is -0.490. The van der Waals surface area contributed by atoms with E-state index in [1.165, 1.54) is 50.5 Å². The van der Waals surface area contributed by atoms with Gasteiger partial charge in [-0.05, 0) is 42.7 Å². The third kappa shape index (κ3) is 2.38. The number of halogens is 1. The van der Waals surface area contributed by atoms with Gasteiger partial charge in [0.15, 0.2) is 0 Å². The molecule has 0 heterocycles. The van der Waals surface area contributed by atoms with E-state index in [1.807, 2.05) is 0 Å². The van der Waals surface area contributed by atoms with Crippen molar-refractivity contribution in [3.8, 4) is 0 Å². The van der Waals surface area contributed by atoms with E-state index in [2.05, 4.69) is 24.3 Å². The number of benzene rings is 1. The second-order valence-electron chi connectivity index (χ2n) is 5.70. The lowest BCUT2D eigenvalue weighted by molar-refractivity contribution is 0.419. The molecule has 0 saturated heterocycles. The molecule has 2 saturated carbocycles. The first kappa shape index (κ1) is 11.6. The maximum Gasteiger partial charge on any atom is 0.0404 e. The Kier molecular flexibility index (Phi) is 3.42. The van der Waals surface area contributed by atoms with E-state index in [9.17, 15) is 0 Å². The summed E-state index contributed by atoms with van der Waals surface area (Å²) >= 11 is 6.46. The summed E-state index contributed by atoms with van der Waals surface area (Å²) < 4.78 is 0. The van der Waals surface area contributed by atoms with Crippen LogP contribution in [0.15, 0.2) is 24.3 Å². The van der Waals surface area contributed by atoms with Crippen LogP contribution in [0.1, 0.15) is 67.9 Å². The van der Waals surface area contributed by atoms with Crippen LogP contribution in [0.25, 0.3) is 0 Å². The fourth-order valence-corrected chi connectivity index (χ4v) is 3.64. The van der Waals surface area contributed by atoms with Gasteiger partial charge in [0.2, 0.25) is 0 Å². The molecule has 1 aromatic rings. The van der Waals surface area contributed by atoms with Crippen LogP contribution in [0.4, 0.5) is 0 Å². The van der Waals surface area contributed by atoms with Crippen molar-refractivity contribution in [2.75, 3.05) is 0 Å². The molecule has 2 fully saturated rings. The third-order valence-corrected chi connectivity index (χ3v) is 5.15. The SMILES string of the molecule is ClC1CCCCC1c1ccc(C2CCC2)cc1. The van der Waals surface area contributed by atoms with Gasteiger partial charge in [-0.15, -0.1) is 11.6 Å². The topological polar surface area (TPSA) is 0 Å². The van der Waals surface area contributed by atoms with Gasteiger partial charge >= 0.3 is 0 Å². The molecule has 0 bridgehead atoms. The number of rotatable bonds is 2. The quantitative estimate of drug-likeness (QED) is 0.630. The molecule has 17 heavy (non-hydrogen) atoms. The monoisotopic (exact) mass is 248 g/mol. The van der Waals surface area contributed by atoms with E-state index in [4.69, 9.17) is 11.6 Å². The summed E-state index contributed by atoms with van der Waals surface area (Å²) in [6.07, 6.45) is 9.32. The van der Waals surface area contributed by atoms with Crippen LogP contribution < -0.4 is 0 Å². The number of hydrogen-bond acceptors (Lipinski definition) is 0. The van der Waals surface area contributed by atoms with Crippen molar-refractivity contribution in [3.05, 3.63) is 35.4 Å². The lowest BCUT2D eigenvalue weighted by Gasteiger charge is -2.29. The molecule has 0 radical (unpaired) electrons. The van der Waals surface area contributed by atoms with Gasteiger partial charge in [0.1, 0.15) is 0 Å². The maximum absolute atomic E-state index is 6.46. The van der Waals surface area contributed by atoms with E-state index >= 15 is 0 Å². The highest BCUT2D eigenvalue weighted by atomic mass is 35.5. The van der Waals surface area contributed by atoms with Crippen molar-refractivity contribution in [1.29, 1.82) is 0 Å². The minimum atomic E-state index is 0.360. The fourth-order valence-electron chi connectivity index (χ4n) is 3.22. The van der Waals surface area contributed by atoms with Crippen LogP contribution in [0.5, 0.6) is 0 Å². The van der Waals surface area contributed by atoms with Crippen molar-refractivity contribution >= 4 is 11.6 Å². The van der Waals surface area contributed by atoms with Crippen LogP contribution in [0, 0.1) is 0 Å². The van der Waals surface area contributed by atoms with Gasteiger partial charge < -0.3 is 0 Å². The Labute approximate surface area is 109 Å². The molecule has 1 heteroatoms. The standard InChI is InChI=1S/C16H21Cl/c17-16-7-2-1-6-15(16)14-10-8-13(9-11-14)12-4-3-5-12/h8-12,15-16H,1-7H2. The number of hydrogen-bond donors (Lipinski definition) is 0. The maximum atomic E-state index is 6.46. The van der Waals surface area contributed by atoms with Crippen LogP contribution in [-0.4, -0.2) is 5.38 Å². The average Bonchev–Trinajstić information content (AvgIpc) is 2.29. The van der Waals surface area contributed by atoms with Crippen LogP contribution in [0.3, 0.4) is 0 Å². The second kappa shape index (κ2) is 5.02. The van der Waals surface area contributed by atoms with Crippen molar-refractivity contribution in [2.45, 2.75) is 62.2 Å². The van der Waals surface area contributed by atoms with E-state index in [0.29, 0.717) is 11.3 Å². The minimum Gasteiger partial charge on any atom is -0.122 e. The molecule has 0 nitrogen and oxygen atoms in total. The van der Waals surface area contributed by atoms with Gasteiger partial charge in [-0.2, -0.15) is 0 Å². The van der Waals surface area contributed by atoms with Crippen LogP contribution in [-0.2, 0) is 0 Å². The molecular formula is C16H21Cl. The smallest absolute Gasteiger partial charge is 0.0404 e. The summed E-state index contributed by atoms with van der Waals surface area (Å²) in [6, 6.07) is 9.35. The highest BCUT2D eigenvalue weighted by Crippen LogP contribution is 2.39. The van der Waals surface area contributed by atoms with E-state index < -0.39 is 0 Å². The van der Waals surface area contributed by atoms with Gasteiger partial charge in [0.05, 0.1) is 0 Å². The van der Waals surface area contributed by atoms with Gasteiger partial charge in [-0.25, -0.2) is 0 Å². The Morgan fingerprint density at radius 2 is 1.41 bits per heavy atom. The molecule has 2 aliphatic carbocycles. The van der Waals surface area contributed by atoms with E-state index in [0.717, 1.165) is 5.92 Å². The molecule has 92 valence electrons. The molecule has 3 rings (SSSR count). The molecule has 2 unspecified atom stereocenters. The fraction of sp³-hybridized carbons (Fsp3) is 0.625. The van der Waals surface area contributed by atoms with Gasteiger partial charge in [0.25, 0.3) is 0 Å². The van der Waals surface area contributed by atoms with Crippen LogP contribution >= 0.6 is 11.6 Å². The first-order chi connectivity index (χ1) is 8.34.